The average Bonchev–Trinajstić information content (AvgIpc) is 2.78. The average molecular weight is 253 g/mol. The first-order valence-corrected chi connectivity index (χ1v) is 5.80. The van der Waals surface area contributed by atoms with E-state index in [4.69, 9.17) is 16.6 Å². The molecule has 1 atom stereocenters. The molecule has 0 spiro atoms. The van der Waals surface area contributed by atoms with Gasteiger partial charge in [0.2, 0.25) is 0 Å². The van der Waals surface area contributed by atoms with Crippen LogP contribution < -0.4 is 11.5 Å². The lowest BCUT2D eigenvalue weighted by Crippen LogP contribution is -2.35. The Morgan fingerprint density at radius 2 is 2.22 bits per heavy atom. The molecule has 0 bridgehead atoms. The summed E-state index contributed by atoms with van der Waals surface area (Å²) in [6.07, 6.45) is 1.41. The number of carbonyl (C=O) groups is 1. The zero-order valence-electron chi connectivity index (χ0n) is 9.90. The molecule has 0 radical (unpaired) electrons. The minimum absolute atomic E-state index is 0.0708. The van der Waals surface area contributed by atoms with Gasteiger partial charge < -0.3 is 16.6 Å². The summed E-state index contributed by atoms with van der Waals surface area (Å²) in [5.41, 5.74) is 11.5. The highest BCUT2D eigenvalue weighted by atomic mass is 19.1. The molecule has 1 aliphatic heterocycles. The monoisotopic (exact) mass is 253 g/mol. The molecule has 2 rings (SSSR count). The van der Waals surface area contributed by atoms with Crippen molar-refractivity contribution in [2.24, 2.45) is 0 Å². The van der Waals surface area contributed by atoms with E-state index in [-0.39, 0.29) is 17.9 Å². The Balaban J connectivity index is 2.19. The number of hydrogen-bond acceptors (Lipinski definition) is 4. The van der Waals surface area contributed by atoms with Crippen molar-refractivity contribution in [1.29, 1.82) is 0 Å². The molecule has 0 unspecified atom stereocenters. The summed E-state index contributed by atoms with van der Waals surface area (Å²) in [6.45, 7) is 0.897. The fourth-order valence-corrected chi connectivity index (χ4v) is 2.29. The van der Waals surface area contributed by atoms with E-state index in [1.54, 1.807) is 17.0 Å². The van der Waals surface area contributed by atoms with E-state index in [9.17, 15) is 9.18 Å². The first-order chi connectivity index (χ1) is 8.50. The predicted octanol–water partition coefficient (Wildman–Crippen LogP) is 1.04. The summed E-state index contributed by atoms with van der Waals surface area (Å²) in [4.78, 5) is 12.8. The number of nitrogen functional groups attached to an aromatic ring is 2. The lowest BCUT2D eigenvalue weighted by Gasteiger charge is -2.21. The van der Waals surface area contributed by atoms with Crippen LogP contribution in [-0.4, -0.2) is 28.6 Å². The zero-order valence-corrected chi connectivity index (χ0v) is 9.90. The summed E-state index contributed by atoms with van der Waals surface area (Å²) in [5, 5.41) is 9.05. The van der Waals surface area contributed by atoms with Crippen molar-refractivity contribution in [1.82, 2.24) is 4.90 Å². The Morgan fingerprint density at radius 3 is 2.89 bits per heavy atom. The van der Waals surface area contributed by atoms with Gasteiger partial charge in [0.05, 0.1) is 11.4 Å². The molecular formula is C12H16FN3O2. The molecule has 5 N–H and O–H groups in total. The summed E-state index contributed by atoms with van der Waals surface area (Å²) >= 11 is 0. The molecule has 1 fully saturated rings. The summed E-state index contributed by atoms with van der Waals surface area (Å²) < 4.78 is 13.9. The first-order valence-electron chi connectivity index (χ1n) is 5.80. The number of anilines is 2. The molecule has 5 nitrogen and oxygen atoms in total. The minimum atomic E-state index is -0.865. The smallest absolute Gasteiger partial charge is 0.320 e. The van der Waals surface area contributed by atoms with Gasteiger partial charge in [0.1, 0.15) is 6.04 Å². The number of nitrogens with zero attached hydrogens (tertiary/aromatic N) is 1. The van der Waals surface area contributed by atoms with E-state index >= 15 is 0 Å². The minimum Gasteiger partial charge on any atom is -0.480 e. The van der Waals surface area contributed by atoms with Gasteiger partial charge in [-0.05, 0) is 25.5 Å². The zero-order chi connectivity index (χ0) is 13.3. The lowest BCUT2D eigenvalue weighted by molar-refractivity contribution is -0.142. The van der Waals surface area contributed by atoms with E-state index in [0.717, 1.165) is 6.42 Å². The van der Waals surface area contributed by atoms with Crippen LogP contribution in [-0.2, 0) is 11.3 Å². The number of rotatable bonds is 3. The van der Waals surface area contributed by atoms with Gasteiger partial charge in [-0.2, -0.15) is 0 Å². The molecule has 6 heteroatoms. The second-order valence-corrected chi connectivity index (χ2v) is 4.51. The molecular weight excluding hydrogens is 237 g/mol. The number of likely N-dealkylation sites (tertiary alicyclic amines) is 1. The number of benzene rings is 1. The number of carboxylic acids is 1. The van der Waals surface area contributed by atoms with Crippen LogP contribution in [0.4, 0.5) is 15.8 Å². The van der Waals surface area contributed by atoms with Gasteiger partial charge in [-0.1, -0.05) is 6.07 Å². The van der Waals surface area contributed by atoms with E-state index in [2.05, 4.69) is 0 Å². The molecule has 0 saturated carbocycles. The lowest BCUT2D eigenvalue weighted by atomic mass is 10.1. The molecule has 0 amide bonds. The van der Waals surface area contributed by atoms with Crippen molar-refractivity contribution in [3.8, 4) is 0 Å². The van der Waals surface area contributed by atoms with Crippen LogP contribution in [0.15, 0.2) is 12.1 Å². The fourth-order valence-electron chi connectivity index (χ4n) is 2.29. The highest BCUT2D eigenvalue weighted by molar-refractivity contribution is 5.73. The SMILES string of the molecule is Nc1ccc(CN2CCC[C@H]2C(=O)O)c(F)c1N. The second-order valence-electron chi connectivity index (χ2n) is 4.51. The van der Waals surface area contributed by atoms with E-state index in [0.29, 0.717) is 18.5 Å². The van der Waals surface area contributed by atoms with Gasteiger partial charge in [-0.25, -0.2) is 4.39 Å². The van der Waals surface area contributed by atoms with Gasteiger partial charge in [-0.3, -0.25) is 9.69 Å². The van der Waals surface area contributed by atoms with Crippen LogP contribution in [0.2, 0.25) is 0 Å². The maximum Gasteiger partial charge on any atom is 0.320 e. The van der Waals surface area contributed by atoms with Gasteiger partial charge in [0.15, 0.2) is 5.82 Å². The third-order valence-corrected chi connectivity index (χ3v) is 3.32. The second kappa shape index (κ2) is 4.81. The summed E-state index contributed by atoms with van der Waals surface area (Å²) in [7, 11) is 0. The molecule has 18 heavy (non-hydrogen) atoms. The Kier molecular flexibility index (Phi) is 3.38. The molecule has 1 aromatic rings. The van der Waals surface area contributed by atoms with Gasteiger partial charge >= 0.3 is 5.97 Å². The Bertz CT molecular complexity index is 479. The third kappa shape index (κ3) is 2.24. The van der Waals surface area contributed by atoms with Gasteiger partial charge in [-0.15, -0.1) is 0 Å². The van der Waals surface area contributed by atoms with Crippen LogP contribution in [0.25, 0.3) is 0 Å². The highest BCUT2D eigenvalue weighted by Crippen LogP contribution is 2.26. The van der Waals surface area contributed by atoms with Crippen LogP contribution in [0.1, 0.15) is 18.4 Å². The van der Waals surface area contributed by atoms with E-state index < -0.39 is 17.8 Å². The summed E-state index contributed by atoms with van der Waals surface area (Å²) in [5.74, 6) is -1.41. The fraction of sp³-hybridized carbons (Fsp3) is 0.417. The molecule has 98 valence electrons. The third-order valence-electron chi connectivity index (χ3n) is 3.32. The standard InChI is InChI=1S/C12H16FN3O2/c13-10-7(3-4-8(14)11(10)15)6-16-5-1-2-9(16)12(17)18/h3-4,9H,1-2,5-6,14-15H2,(H,17,18)/t9-/m0/s1. The van der Waals surface area contributed by atoms with Crippen LogP contribution in [0.5, 0.6) is 0 Å². The quantitative estimate of drug-likeness (QED) is 0.700. The molecule has 1 heterocycles. The van der Waals surface area contributed by atoms with Gasteiger partial charge in [0.25, 0.3) is 0 Å². The number of hydrogen-bond donors (Lipinski definition) is 3. The molecule has 0 aliphatic carbocycles. The van der Waals surface area contributed by atoms with Crippen molar-refractivity contribution in [2.75, 3.05) is 18.0 Å². The van der Waals surface area contributed by atoms with E-state index in [1.165, 1.54) is 0 Å². The number of aliphatic carboxylic acids is 1. The first kappa shape index (κ1) is 12.6. The number of nitrogens with two attached hydrogens (primary N) is 2. The molecule has 1 aromatic carbocycles. The van der Waals surface area contributed by atoms with Crippen molar-refractivity contribution in [3.63, 3.8) is 0 Å². The normalized spacial score (nSPS) is 20.2. The van der Waals surface area contributed by atoms with Crippen LogP contribution in [0, 0.1) is 5.82 Å². The van der Waals surface area contributed by atoms with Crippen molar-refractivity contribution < 1.29 is 14.3 Å². The van der Waals surface area contributed by atoms with Crippen LogP contribution in [0.3, 0.4) is 0 Å². The van der Waals surface area contributed by atoms with Crippen LogP contribution >= 0.6 is 0 Å². The van der Waals surface area contributed by atoms with Crippen molar-refractivity contribution in [3.05, 3.63) is 23.5 Å². The maximum atomic E-state index is 13.9. The van der Waals surface area contributed by atoms with Gasteiger partial charge in [0, 0.05) is 12.1 Å². The predicted molar refractivity (Wildman–Crippen MR) is 66.3 cm³/mol. The molecule has 1 saturated heterocycles. The Hall–Kier alpha value is -1.82. The van der Waals surface area contributed by atoms with Crippen molar-refractivity contribution >= 4 is 17.3 Å². The number of carboxylic acid groups (broad SMARTS) is 1. The number of halogens is 1. The topological polar surface area (TPSA) is 92.6 Å². The summed E-state index contributed by atoms with van der Waals surface area (Å²) in [6, 6.07) is 2.56. The molecule has 0 aromatic heterocycles. The highest BCUT2D eigenvalue weighted by Gasteiger charge is 2.30. The van der Waals surface area contributed by atoms with E-state index in [1.807, 2.05) is 0 Å². The van der Waals surface area contributed by atoms with Crippen molar-refractivity contribution in [2.45, 2.75) is 25.4 Å². The Morgan fingerprint density at radius 1 is 1.50 bits per heavy atom. The largest absolute Gasteiger partial charge is 0.480 e. The maximum absolute atomic E-state index is 13.9. The molecule has 1 aliphatic rings. The Labute approximate surface area is 104 Å².